The van der Waals surface area contributed by atoms with Gasteiger partial charge < -0.3 is 29.1 Å². The zero-order chi connectivity index (χ0) is 20.8. The molecule has 0 fully saturated rings. The van der Waals surface area contributed by atoms with Crippen molar-refractivity contribution < 1.29 is 23.7 Å². The molecule has 0 radical (unpaired) electrons. The van der Waals surface area contributed by atoms with E-state index in [4.69, 9.17) is 29.1 Å². The molecule has 6 nitrogen and oxygen atoms in total. The van der Waals surface area contributed by atoms with Gasteiger partial charge in [0, 0.05) is 12.2 Å². The normalized spacial score (nSPS) is 11.7. The largest absolute Gasteiger partial charge is 0.496 e. The second-order valence-electron chi connectivity index (χ2n) is 6.43. The maximum Gasteiger partial charge on any atom is 0.137 e. The summed E-state index contributed by atoms with van der Waals surface area (Å²) in [4.78, 5) is 0. The number of fused-ring (bicyclic) bond motifs is 1. The number of hydrogen-bond donors (Lipinski definition) is 1. The summed E-state index contributed by atoms with van der Waals surface area (Å²) in [6.07, 6.45) is 1.18. The van der Waals surface area contributed by atoms with Crippen LogP contribution in [-0.4, -0.2) is 40.8 Å². The Hall–Kier alpha value is -2.73. The molecule has 2 aromatic rings. The van der Waals surface area contributed by atoms with Gasteiger partial charge in [-0.3, -0.25) is 0 Å². The molecule has 2 rings (SSSR count). The molecule has 0 saturated carbocycles. The maximum absolute atomic E-state index is 8.55. The second-order valence-corrected chi connectivity index (χ2v) is 6.43. The SMILES string of the molecule is CCOC(C(=N)C=C(C)C)c1cc(OC)c2c(OC)ccc(OC)c2c1OC. The van der Waals surface area contributed by atoms with Crippen LogP contribution in [0.15, 0.2) is 29.8 Å². The van der Waals surface area contributed by atoms with E-state index in [1.54, 1.807) is 34.5 Å². The van der Waals surface area contributed by atoms with Crippen molar-refractivity contribution in [2.75, 3.05) is 35.0 Å². The van der Waals surface area contributed by atoms with Gasteiger partial charge in [-0.2, -0.15) is 0 Å². The van der Waals surface area contributed by atoms with Crippen LogP contribution in [-0.2, 0) is 4.74 Å². The van der Waals surface area contributed by atoms with Gasteiger partial charge in [-0.05, 0) is 45.0 Å². The van der Waals surface area contributed by atoms with Gasteiger partial charge in [-0.1, -0.05) is 5.57 Å². The highest BCUT2D eigenvalue weighted by Gasteiger charge is 2.27. The Balaban J connectivity index is 2.93. The minimum absolute atomic E-state index is 0.336. The first-order valence-electron chi connectivity index (χ1n) is 9.07. The van der Waals surface area contributed by atoms with Crippen molar-refractivity contribution in [3.63, 3.8) is 0 Å². The van der Waals surface area contributed by atoms with Crippen LogP contribution in [0.4, 0.5) is 0 Å². The second kappa shape index (κ2) is 9.46. The Morgan fingerprint density at radius 3 is 1.96 bits per heavy atom. The summed E-state index contributed by atoms with van der Waals surface area (Å²) in [5.41, 5.74) is 2.05. The van der Waals surface area contributed by atoms with Gasteiger partial charge >= 0.3 is 0 Å². The lowest BCUT2D eigenvalue weighted by atomic mass is 9.96. The van der Waals surface area contributed by atoms with Crippen LogP contribution < -0.4 is 18.9 Å². The Morgan fingerprint density at radius 1 is 0.929 bits per heavy atom. The van der Waals surface area contributed by atoms with Gasteiger partial charge in [-0.25, -0.2) is 0 Å². The van der Waals surface area contributed by atoms with E-state index in [-0.39, 0.29) is 0 Å². The molecule has 2 aromatic carbocycles. The van der Waals surface area contributed by atoms with Crippen LogP contribution in [0.25, 0.3) is 10.8 Å². The predicted molar refractivity (Wildman–Crippen MR) is 112 cm³/mol. The number of hydrogen-bond acceptors (Lipinski definition) is 6. The number of benzene rings is 2. The summed E-state index contributed by atoms with van der Waals surface area (Å²) in [5, 5.41) is 10.0. The Labute approximate surface area is 166 Å². The predicted octanol–water partition coefficient (Wildman–Crippen LogP) is 4.94. The average Bonchev–Trinajstić information content (AvgIpc) is 2.69. The molecule has 0 spiro atoms. The van der Waals surface area contributed by atoms with Crippen LogP contribution in [0.2, 0.25) is 0 Å². The molecule has 0 aromatic heterocycles. The van der Waals surface area contributed by atoms with Gasteiger partial charge in [0.15, 0.2) is 0 Å². The van der Waals surface area contributed by atoms with E-state index < -0.39 is 6.10 Å². The standard InChI is InChI=1S/C22H29NO5/c1-8-28-21(15(23)11-13(2)3)14-12-18(26-6)19-16(24-4)9-10-17(25-5)20(19)22(14)27-7/h9-12,21,23H,8H2,1-7H3. The van der Waals surface area contributed by atoms with E-state index in [0.29, 0.717) is 46.3 Å². The molecule has 6 heteroatoms. The van der Waals surface area contributed by atoms with Crippen molar-refractivity contribution in [1.82, 2.24) is 0 Å². The molecule has 1 atom stereocenters. The summed E-state index contributed by atoms with van der Waals surface area (Å²) in [6, 6.07) is 5.49. The number of allylic oxidation sites excluding steroid dienone is 1. The summed E-state index contributed by atoms with van der Waals surface area (Å²) in [7, 11) is 6.40. The number of rotatable bonds is 9. The third-order valence-corrected chi connectivity index (χ3v) is 4.36. The summed E-state index contributed by atoms with van der Waals surface area (Å²) in [6.45, 7) is 6.24. The van der Waals surface area contributed by atoms with Crippen molar-refractivity contribution in [2.24, 2.45) is 0 Å². The summed E-state index contributed by atoms with van der Waals surface area (Å²) < 4.78 is 28.5. The molecule has 1 unspecified atom stereocenters. The van der Waals surface area contributed by atoms with Crippen molar-refractivity contribution >= 4 is 16.5 Å². The van der Waals surface area contributed by atoms with Crippen molar-refractivity contribution in [3.05, 3.63) is 35.4 Å². The Morgan fingerprint density at radius 2 is 1.50 bits per heavy atom. The molecular formula is C22H29NO5. The quantitative estimate of drug-likeness (QED) is 0.617. The molecule has 1 N–H and O–H groups in total. The lowest BCUT2D eigenvalue weighted by molar-refractivity contribution is 0.108. The van der Waals surface area contributed by atoms with Gasteiger partial charge in [0.1, 0.15) is 29.1 Å². The summed E-state index contributed by atoms with van der Waals surface area (Å²) in [5.74, 6) is 2.43. The van der Waals surface area contributed by atoms with Gasteiger partial charge in [-0.15, -0.1) is 0 Å². The Bertz CT molecular complexity index is 884. The number of ether oxygens (including phenoxy) is 5. The highest BCUT2D eigenvalue weighted by atomic mass is 16.5. The topological polar surface area (TPSA) is 70.0 Å². The minimum Gasteiger partial charge on any atom is -0.496 e. The third kappa shape index (κ3) is 4.07. The number of methoxy groups -OCH3 is 4. The van der Waals surface area contributed by atoms with E-state index >= 15 is 0 Å². The molecule has 0 bridgehead atoms. The third-order valence-electron chi connectivity index (χ3n) is 4.36. The maximum atomic E-state index is 8.55. The van der Waals surface area contributed by atoms with Crippen LogP contribution >= 0.6 is 0 Å². The van der Waals surface area contributed by atoms with E-state index in [1.165, 1.54) is 0 Å². The number of nitrogens with one attached hydrogen (secondary N) is 1. The first kappa shape index (κ1) is 21.6. The lowest BCUT2D eigenvalue weighted by Crippen LogP contribution is -2.15. The highest BCUT2D eigenvalue weighted by molar-refractivity contribution is 6.05. The molecule has 0 amide bonds. The van der Waals surface area contributed by atoms with Crippen molar-refractivity contribution in [3.8, 4) is 23.0 Å². The minimum atomic E-state index is -0.607. The van der Waals surface area contributed by atoms with Gasteiger partial charge in [0.05, 0.1) is 44.9 Å². The molecule has 0 saturated heterocycles. The molecule has 0 aliphatic rings. The van der Waals surface area contributed by atoms with Crippen LogP contribution in [0.3, 0.4) is 0 Å². The zero-order valence-electron chi connectivity index (χ0n) is 17.6. The highest BCUT2D eigenvalue weighted by Crippen LogP contribution is 2.48. The average molecular weight is 387 g/mol. The van der Waals surface area contributed by atoms with E-state index in [1.807, 2.05) is 39.0 Å². The van der Waals surface area contributed by atoms with Crippen LogP contribution in [0, 0.1) is 5.41 Å². The van der Waals surface area contributed by atoms with E-state index in [9.17, 15) is 0 Å². The Kier molecular flexibility index (Phi) is 7.29. The van der Waals surface area contributed by atoms with Crippen molar-refractivity contribution in [1.29, 1.82) is 5.41 Å². The molecule has 28 heavy (non-hydrogen) atoms. The molecule has 0 aliphatic heterocycles. The zero-order valence-corrected chi connectivity index (χ0v) is 17.6. The van der Waals surface area contributed by atoms with Gasteiger partial charge in [0.2, 0.25) is 0 Å². The van der Waals surface area contributed by atoms with Crippen molar-refractivity contribution in [2.45, 2.75) is 26.9 Å². The van der Waals surface area contributed by atoms with Gasteiger partial charge in [0.25, 0.3) is 0 Å². The molecular weight excluding hydrogens is 358 g/mol. The smallest absolute Gasteiger partial charge is 0.137 e. The molecule has 0 aliphatic carbocycles. The van der Waals surface area contributed by atoms with E-state index in [2.05, 4.69) is 0 Å². The van der Waals surface area contributed by atoms with Crippen LogP contribution in [0.1, 0.15) is 32.4 Å². The fourth-order valence-corrected chi connectivity index (χ4v) is 3.27. The van der Waals surface area contributed by atoms with Crippen LogP contribution in [0.5, 0.6) is 23.0 Å². The van der Waals surface area contributed by atoms with E-state index in [0.717, 1.165) is 11.0 Å². The lowest BCUT2D eigenvalue weighted by Gasteiger charge is -2.24. The molecule has 152 valence electrons. The fraction of sp³-hybridized carbons (Fsp3) is 0.409. The first-order chi connectivity index (χ1) is 13.4. The molecule has 0 heterocycles. The fourth-order valence-electron chi connectivity index (χ4n) is 3.27. The monoisotopic (exact) mass is 387 g/mol. The summed E-state index contributed by atoms with van der Waals surface area (Å²) >= 11 is 0. The first-order valence-corrected chi connectivity index (χ1v) is 9.07.